The minimum atomic E-state index is -4.74. The monoisotopic (exact) mass is 426 g/mol. The molecule has 0 aromatic heterocycles. The zero-order valence-corrected chi connectivity index (χ0v) is 16.5. The van der Waals surface area contributed by atoms with Gasteiger partial charge in [-0.2, -0.15) is 0 Å². The number of anilines is 1. The second kappa shape index (κ2) is 9.21. The molecule has 0 amide bonds. The highest BCUT2D eigenvalue weighted by atomic mass is 32.1. The Hall–Kier alpha value is -2.68. The molecule has 0 spiro atoms. The topological polar surface area (TPSA) is 51.8 Å². The Morgan fingerprint density at radius 3 is 2.45 bits per heavy atom. The van der Waals surface area contributed by atoms with Crippen molar-refractivity contribution in [2.45, 2.75) is 37.8 Å². The van der Waals surface area contributed by atoms with E-state index >= 15 is 0 Å². The van der Waals surface area contributed by atoms with E-state index in [-0.39, 0.29) is 17.9 Å². The SMILES string of the molecule is COc1ccc(OC2CCC(NC(=S)Nc3cccc(OC(F)(F)F)c3)C2)cc1. The molecule has 2 aromatic carbocycles. The van der Waals surface area contributed by atoms with Gasteiger partial charge in [-0.3, -0.25) is 0 Å². The van der Waals surface area contributed by atoms with Crippen molar-refractivity contribution in [2.75, 3.05) is 12.4 Å². The van der Waals surface area contributed by atoms with E-state index in [1.54, 1.807) is 13.2 Å². The summed E-state index contributed by atoms with van der Waals surface area (Å²) in [5.74, 6) is 1.24. The van der Waals surface area contributed by atoms with Gasteiger partial charge in [0.2, 0.25) is 0 Å². The highest BCUT2D eigenvalue weighted by Gasteiger charge is 2.31. The fraction of sp³-hybridized carbons (Fsp3) is 0.350. The van der Waals surface area contributed by atoms with Gasteiger partial charge in [-0.15, -0.1) is 13.2 Å². The van der Waals surface area contributed by atoms with Crippen molar-refractivity contribution < 1.29 is 27.4 Å². The van der Waals surface area contributed by atoms with Crippen LogP contribution in [0.25, 0.3) is 0 Å². The van der Waals surface area contributed by atoms with Crippen LogP contribution in [-0.2, 0) is 0 Å². The van der Waals surface area contributed by atoms with E-state index < -0.39 is 6.36 Å². The molecule has 9 heteroatoms. The number of hydrogen-bond donors (Lipinski definition) is 2. The quantitative estimate of drug-likeness (QED) is 0.642. The van der Waals surface area contributed by atoms with Crippen molar-refractivity contribution in [3.8, 4) is 17.2 Å². The largest absolute Gasteiger partial charge is 0.573 e. The van der Waals surface area contributed by atoms with E-state index in [0.29, 0.717) is 10.8 Å². The summed E-state index contributed by atoms with van der Waals surface area (Å²) >= 11 is 5.28. The van der Waals surface area contributed by atoms with E-state index in [1.807, 2.05) is 24.3 Å². The van der Waals surface area contributed by atoms with Crippen LogP contribution in [0.15, 0.2) is 48.5 Å². The van der Waals surface area contributed by atoms with Gasteiger partial charge in [-0.1, -0.05) is 6.07 Å². The van der Waals surface area contributed by atoms with Crippen molar-refractivity contribution in [1.29, 1.82) is 0 Å². The summed E-state index contributed by atoms with van der Waals surface area (Å²) in [6.45, 7) is 0. The molecule has 0 aliphatic heterocycles. The fourth-order valence-electron chi connectivity index (χ4n) is 3.15. The average molecular weight is 426 g/mol. The summed E-state index contributed by atoms with van der Waals surface area (Å²) in [7, 11) is 1.61. The molecule has 0 heterocycles. The van der Waals surface area contributed by atoms with E-state index in [4.69, 9.17) is 21.7 Å². The van der Waals surface area contributed by atoms with Crippen molar-refractivity contribution in [3.05, 3.63) is 48.5 Å². The Kier molecular flexibility index (Phi) is 6.68. The number of rotatable bonds is 6. The van der Waals surface area contributed by atoms with Gasteiger partial charge >= 0.3 is 6.36 Å². The summed E-state index contributed by atoms with van der Waals surface area (Å²) in [4.78, 5) is 0. The first-order valence-corrected chi connectivity index (χ1v) is 9.45. The van der Waals surface area contributed by atoms with Gasteiger partial charge in [-0.25, -0.2) is 0 Å². The number of ether oxygens (including phenoxy) is 3. The maximum atomic E-state index is 12.3. The van der Waals surface area contributed by atoms with Gasteiger partial charge in [0.15, 0.2) is 5.11 Å². The summed E-state index contributed by atoms with van der Waals surface area (Å²) in [5, 5.41) is 6.41. The van der Waals surface area contributed by atoms with Crippen LogP contribution in [0.1, 0.15) is 19.3 Å². The summed E-state index contributed by atoms with van der Waals surface area (Å²) in [6.07, 6.45) is -2.15. The van der Waals surface area contributed by atoms with E-state index in [2.05, 4.69) is 15.4 Å². The van der Waals surface area contributed by atoms with Gasteiger partial charge in [0.05, 0.1) is 7.11 Å². The third-order valence-electron chi connectivity index (χ3n) is 4.41. The first-order chi connectivity index (χ1) is 13.8. The minimum Gasteiger partial charge on any atom is -0.497 e. The summed E-state index contributed by atoms with van der Waals surface area (Å²) < 4.78 is 52.0. The Balaban J connectivity index is 1.47. The second-order valence-corrected chi connectivity index (χ2v) is 7.01. The number of alkyl halides is 3. The molecule has 5 nitrogen and oxygen atoms in total. The standard InChI is InChI=1S/C20H21F3N2O3S/c1-26-15-7-9-16(10-8-15)27-17-6-5-14(11-17)25-19(29)24-13-3-2-4-18(12-13)28-20(21,22)23/h2-4,7-10,12,14,17H,5-6,11H2,1H3,(H2,24,25,29). The lowest BCUT2D eigenvalue weighted by atomic mass is 10.2. The number of halogens is 3. The van der Waals surface area contributed by atoms with Crippen molar-refractivity contribution in [2.24, 2.45) is 0 Å². The molecule has 0 saturated heterocycles. The molecule has 2 unspecified atom stereocenters. The van der Waals surface area contributed by atoms with Crippen LogP contribution in [0.2, 0.25) is 0 Å². The van der Waals surface area contributed by atoms with E-state index in [0.717, 1.165) is 30.8 Å². The van der Waals surface area contributed by atoms with Gasteiger partial charge in [-0.05, 0) is 61.5 Å². The lowest BCUT2D eigenvalue weighted by Gasteiger charge is -2.18. The first kappa shape index (κ1) is 21.0. The number of thiocarbonyl (C=S) groups is 1. The van der Waals surface area contributed by atoms with Gasteiger partial charge in [0.25, 0.3) is 0 Å². The molecule has 1 saturated carbocycles. The van der Waals surface area contributed by atoms with Crippen LogP contribution in [0.5, 0.6) is 17.2 Å². The Morgan fingerprint density at radius 1 is 1.03 bits per heavy atom. The number of hydrogen-bond acceptors (Lipinski definition) is 4. The zero-order valence-electron chi connectivity index (χ0n) is 15.7. The predicted molar refractivity (Wildman–Crippen MR) is 108 cm³/mol. The second-order valence-electron chi connectivity index (χ2n) is 6.60. The summed E-state index contributed by atoms with van der Waals surface area (Å²) in [5.41, 5.74) is 0.410. The summed E-state index contributed by atoms with van der Waals surface area (Å²) in [6, 6.07) is 13.1. The average Bonchev–Trinajstić information content (AvgIpc) is 3.07. The smallest absolute Gasteiger partial charge is 0.497 e. The van der Waals surface area contributed by atoms with Gasteiger partial charge in [0.1, 0.15) is 23.4 Å². The molecule has 0 bridgehead atoms. The first-order valence-electron chi connectivity index (χ1n) is 9.05. The van der Waals surface area contributed by atoms with Crippen LogP contribution in [0.4, 0.5) is 18.9 Å². The Bertz CT molecular complexity index is 830. The van der Waals surface area contributed by atoms with Crippen molar-refractivity contribution in [1.82, 2.24) is 5.32 Å². The number of methoxy groups -OCH3 is 1. The lowest BCUT2D eigenvalue weighted by molar-refractivity contribution is -0.274. The molecular formula is C20H21F3N2O3S. The number of benzene rings is 2. The molecule has 0 radical (unpaired) electrons. The Morgan fingerprint density at radius 2 is 1.76 bits per heavy atom. The van der Waals surface area contributed by atoms with Crippen LogP contribution in [0, 0.1) is 0 Å². The van der Waals surface area contributed by atoms with Gasteiger partial charge in [0, 0.05) is 24.2 Å². The lowest BCUT2D eigenvalue weighted by Crippen LogP contribution is -2.36. The molecule has 1 aliphatic carbocycles. The molecule has 1 aliphatic rings. The molecule has 2 atom stereocenters. The zero-order chi connectivity index (χ0) is 20.9. The molecule has 3 rings (SSSR count). The highest BCUT2D eigenvalue weighted by Crippen LogP contribution is 2.27. The molecule has 29 heavy (non-hydrogen) atoms. The minimum absolute atomic E-state index is 0.0622. The molecular weight excluding hydrogens is 405 g/mol. The third kappa shape index (κ3) is 6.70. The maximum absolute atomic E-state index is 12.3. The molecule has 156 valence electrons. The predicted octanol–water partition coefficient (Wildman–Crippen LogP) is 4.88. The Labute approximate surface area is 172 Å². The normalized spacial score (nSPS) is 18.8. The molecule has 1 fully saturated rings. The van der Waals surface area contributed by atoms with Crippen LogP contribution < -0.4 is 24.8 Å². The maximum Gasteiger partial charge on any atom is 0.573 e. The van der Waals surface area contributed by atoms with Crippen LogP contribution in [-0.4, -0.2) is 30.7 Å². The molecule has 2 aromatic rings. The van der Waals surface area contributed by atoms with E-state index in [9.17, 15) is 13.2 Å². The van der Waals surface area contributed by atoms with E-state index in [1.165, 1.54) is 18.2 Å². The van der Waals surface area contributed by atoms with Gasteiger partial charge < -0.3 is 24.8 Å². The molecule has 2 N–H and O–H groups in total. The van der Waals surface area contributed by atoms with Crippen LogP contribution in [0.3, 0.4) is 0 Å². The third-order valence-corrected chi connectivity index (χ3v) is 4.63. The van der Waals surface area contributed by atoms with Crippen LogP contribution >= 0.6 is 12.2 Å². The fourth-order valence-corrected chi connectivity index (χ4v) is 3.43. The van der Waals surface area contributed by atoms with Crippen molar-refractivity contribution >= 4 is 23.0 Å². The highest BCUT2D eigenvalue weighted by molar-refractivity contribution is 7.80. The van der Waals surface area contributed by atoms with Crippen molar-refractivity contribution in [3.63, 3.8) is 0 Å². The number of nitrogens with one attached hydrogen (secondary N) is 2.